The van der Waals surface area contributed by atoms with Crippen LogP contribution in [0.15, 0.2) is 0 Å². The zero-order valence-corrected chi connectivity index (χ0v) is 5.04. The van der Waals surface area contributed by atoms with Gasteiger partial charge in [0.05, 0.1) is 0 Å². The van der Waals surface area contributed by atoms with Gasteiger partial charge < -0.3 is 0 Å². The van der Waals surface area contributed by atoms with E-state index in [2.05, 4.69) is 26.8 Å². The zero-order valence-electron chi connectivity index (χ0n) is 4.15. The highest BCUT2D eigenvalue weighted by Gasteiger charge is 1.79. The standard InChI is InChI=1S/C4H10BS/c1-2-5-3-4-6/h6H,2-4H2,1H3. The van der Waals surface area contributed by atoms with Crippen LogP contribution in [0.2, 0.25) is 12.6 Å². The molecule has 0 aliphatic heterocycles. The monoisotopic (exact) mass is 101 g/mol. The molecule has 0 spiro atoms. The predicted molar refractivity (Wildman–Crippen MR) is 34.9 cm³/mol. The van der Waals surface area contributed by atoms with E-state index < -0.39 is 0 Å². The quantitative estimate of drug-likeness (QED) is 0.310. The molecule has 0 aromatic carbocycles. The summed E-state index contributed by atoms with van der Waals surface area (Å²) in [7, 11) is 2.23. The molecule has 0 heterocycles. The molecule has 0 saturated heterocycles. The maximum Gasteiger partial charge on any atom is 0.110 e. The second-order valence-electron chi connectivity index (χ2n) is 1.21. The molecular formula is C4H10BS. The number of thiol groups is 1. The Morgan fingerprint density at radius 1 is 1.67 bits per heavy atom. The molecule has 0 fully saturated rings. The topological polar surface area (TPSA) is 0 Å². The molecule has 0 N–H and O–H groups in total. The normalized spacial score (nSPS) is 8.33. The van der Waals surface area contributed by atoms with Gasteiger partial charge >= 0.3 is 0 Å². The van der Waals surface area contributed by atoms with Gasteiger partial charge in [-0.15, -0.1) is 0 Å². The first-order chi connectivity index (χ1) is 2.91. The summed E-state index contributed by atoms with van der Waals surface area (Å²) >= 11 is 4.02. The van der Waals surface area contributed by atoms with Crippen molar-refractivity contribution in [2.24, 2.45) is 0 Å². The predicted octanol–water partition coefficient (Wildman–Crippen LogP) is 1.48. The van der Waals surface area contributed by atoms with Crippen molar-refractivity contribution >= 4 is 19.9 Å². The van der Waals surface area contributed by atoms with Gasteiger partial charge in [0.25, 0.3) is 0 Å². The van der Waals surface area contributed by atoms with Crippen LogP contribution < -0.4 is 0 Å². The van der Waals surface area contributed by atoms with E-state index in [4.69, 9.17) is 0 Å². The first kappa shape index (κ1) is 6.41. The van der Waals surface area contributed by atoms with E-state index >= 15 is 0 Å². The molecule has 0 amide bonds. The molecule has 0 bridgehead atoms. The molecule has 2 heteroatoms. The molecular weight excluding hydrogens is 90.9 g/mol. The molecule has 0 aromatic heterocycles. The van der Waals surface area contributed by atoms with Crippen molar-refractivity contribution in [2.45, 2.75) is 19.6 Å². The third-order valence-corrected chi connectivity index (χ3v) is 0.880. The second kappa shape index (κ2) is 5.41. The maximum atomic E-state index is 4.02. The Morgan fingerprint density at radius 2 is 2.33 bits per heavy atom. The second-order valence-corrected chi connectivity index (χ2v) is 1.66. The highest BCUT2D eigenvalue weighted by molar-refractivity contribution is 7.80. The van der Waals surface area contributed by atoms with Gasteiger partial charge in [0, 0.05) is 0 Å². The largest absolute Gasteiger partial charge is 0.180 e. The number of rotatable bonds is 3. The minimum Gasteiger partial charge on any atom is -0.180 e. The van der Waals surface area contributed by atoms with Crippen molar-refractivity contribution in [3.05, 3.63) is 0 Å². The molecule has 6 heavy (non-hydrogen) atoms. The Hall–Kier alpha value is 0.415. The van der Waals surface area contributed by atoms with E-state index in [-0.39, 0.29) is 0 Å². The Bertz CT molecular complexity index is 19.5. The van der Waals surface area contributed by atoms with Crippen molar-refractivity contribution in [1.82, 2.24) is 0 Å². The summed E-state index contributed by atoms with van der Waals surface area (Å²) in [6.07, 6.45) is 2.33. The molecule has 0 atom stereocenters. The Morgan fingerprint density at radius 3 is 2.50 bits per heavy atom. The fourth-order valence-corrected chi connectivity index (χ4v) is 0.478. The maximum absolute atomic E-state index is 4.02. The van der Waals surface area contributed by atoms with E-state index in [1.165, 1.54) is 6.32 Å². The highest BCUT2D eigenvalue weighted by atomic mass is 32.1. The summed E-state index contributed by atoms with van der Waals surface area (Å²) in [6.45, 7) is 2.14. The van der Waals surface area contributed by atoms with Gasteiger partial charge in [0.2, 0.25) is 0 Å². The highest BCUT2D eigenvalue weighted by Crippen LogP contribution is 1.84. The smallest absolute Gasteiger partial charge is 0.110 e. The van der Waals surface area contributed by atoms with Crippen LogP contribution >= 0.6 is 12.6 Å². The fraction of sp³-hybridized carbons (Fsp3) is 1.00. The van der Waals surface area contributed by atoms with Crippen LogP contribution in [0.4, 0.5) is 0 Å². The van der Waals surface area contributed by atoms with Gasteiger partial charge in [-0.2, -0.15) is 12.6 Å². The van der Waals surface area contributed by atoms with Gasteiger partial charge in [-0.05, 0) is 5.75 Å². The van der Waals surface area contributed by atoms with E-state index in [1.54, 1.807) is 0 Å². The average Bonchev–Trinajstić information content (AvgIpc) is 1.61. The van der Waals surface area contributed by atoms with Crippen molar-refractivity contribution in [1.29, 1.82) is 0 Å². The summed E-state index contributed by atoms with van der Waals surface area (Å²) in [5, 5.41) is 0. The molecule has 35 valence electrons. The van der Waals surface area contributed by atoms with Crippen LogP contribution in [0.25, 0.3) is 0 Å². The molecule has 0 saturated carbocycles. The molecule has 0 aliphatic carbocycles. The van der Waals surface area contributed by atoms with Crippen LogP contribution in [0.3, 0.4) is 0 Å². The van der Waals surface area contributed by atoms with Crippen molar-refractivity contribution < 1.29 is 0 Å². The van der Waals surface area contributed by atoms with Crippen molar-refractivity contribution in [2.75, 3.05) is 5.75 Å². The minimum absolute atomic E-state index is 0.994. The molecule has 0 nitrogen and oxygen atoms in total. The van der Waals surface area contributed by atoms with E-state index in [9.17, 15) is 0 Å². The number of hydrogen-bond donors (Lipinski definition) is 1. The summed E-state index contributed by atoms with van der Waals surface area (Å²) in [5.41, 5.74) is 0. The van der Waals surface area contributed by atoms with Crippen LogP contribution in [-0.4, -0.2) is 13.0 Å². The van der Waals surface area contributed by atoms with Gasteiger partial charge in [0.1, 0.15) is 7.28 Å². The van der Waals surface area contributed by atoms with Gasteiger partial charge in [0.15, 0.2) is 0 Å². The minimum atomic E-state index is 0.994. The van der Waals surface area contributed by atoms with E-state index in [0.29, 0.717) is 0 Å². The zero-order chi connectivity index (χ0) is 4.83. The molecule has 0 rings (SSSR count). The average molecular weight is 101 g/mol. The SMILES string of the molecule is CC[B]CCS. The van der Waals surface area contributed by atoms with Crippen molar-refractivity contribution in [3.8, 4) is 0 Å². The van der Waals surface area contributed by atoms with Crippen LogP contribution in [-0.2, 0) is 0 Å². The van der Waals surface area contributed by atoms with Gasteiger partial charge in [-0.25, -0.2) is 0 Å². The summed E-state index contributed by atoms with van der Waals surface area (Å²) in [5.74, 6) is 0.994. The lowest BCUT2D eigenvalue weighted by Gasteiger charge is -1.83. The third-order valence-electron chi connectivity index (χ3n) is 0.622. The van der Waals surface area contributed by atoms with Crippen LogP contribution in [0, 0.1) is 0 Å². The fourth-order valence-electron chi connectivity index (χ4n) is 0.295. The van der Waals surface area contributed by atoms with Gasteiger partial charge in [-0.1, -0.05) is 19.6 Å². The molecule has 0 aliphatic rings. The third kappa shape index (κ3) is 4.41. The lowest BCUT2D eigenvalue weighted by molar-refractivity contribution is 1.38. The number of hydrogen-bond acceptors (Lipinski definition) is 1. The summed E-state index contributed by atoms with van der Waals surface area (Å²) < 4.78 is 0. The van der Waals surface area contributed by atoms with Crippen LogP contribution in [0.5, 0.6) is 0 Å². The molecule has 0 aromatic rings. The van der Waals surface area contributed by atoms with E-state index in [0.717, 1.165) is 12.1 Å². The lowest BCUT2D eigenvalue weighted by Crippen LogP contribution is -1.84. The lowest BCUT2D eigenvalue weighted by atomic mass is 9.73. The Kier molecular flexibility index (Phi) is 5.79. The first-order valence-electron chi connectivity index (χ1n) is 2.34. The van der Waals surface area contributed by atoms with Crippen molar-refractivity contribution in [3.63, 3.8) is 0 Å². The Labute approximate surface area is 46.0 Å². The first-order valence-corrected chi connectivity index (χ1v) is 2.97. The molecule has 0 unspecified atom stereocenters. The van der Waals surface area contributed by atoms with Crippen LogP contribution in [0.1, 0.15) is 6.92 Å². The van der Waals surface area contributed by atoms with Gasteiger partial charge in [-0.3, -0.25) is 0 Å². The molecule has 1 radical (unpaired) electrons. The summed E-state index contributed by atoms with van der Waals surface area (Å²) in [4.78, 5) is 0. The van der Waals surface area contributed by atoms with E-state index in [1.807, 2.05) is 0 Å². The Balaban J connectivity index is 2.34. The summed E-state index contributed by atoms with van der Waals surface area (Å²) in [6, 6.07) is 0.